The van der Waals surface area contributed by atoms with E-state index in [0.717, 1.165) is 30.9 Å². The summed E-state index contributed by atoms with van der Waals surface area (Å²) in [5.41, 5.74) is 2.09. The van der Waals surface area contributed by atoms with Crippen molar-refractivity contribution in [2.24, 2.45) is 0 Å². The number of likely N-dealkylation sites (N-methyl/N-ethyl adjacent to an activating group) is 1. The van der Waals surface area contributed by atoms with Gasteiger partial charge >= 0.3 is 0 Å². The Morgan fingerprint density at radius 3 is 2.65 bits per heavy atom. The molecule has 0 atom stereocenters. The van der Waals surface area contributed by atoms with Crippen LogP contribution >= 0.6 is 0 Å². The number of nitrogens with one attached hydrogen (secondary N) is 1. The zero-order valence-corrected chi connectivity index (χ0v) is 11.3. The third-order valence-corrected chi connectivity index (χ3v) is 2.57. The predicted molar refractivity (Wildman–Crippen MR) is 77.8 cm³/mol. The van der Waals surface area contributed by atoms with Crippen molar-refractivity contribution in [3.8, 4) is 0 Å². The van der Waals surface area contributed by atoms with Crippen LogP contribution < -0.4 is 5.32 Å². The number of unbranched alkanes of at least 4 members (excludes halogenated alkanes) is 1. The summed E-state index contributed by atoms with van der Waals surface area (Å²) in [6.45, 7) is 15.8. The lowest BCUT2D eigenvalue weighted by molar-refractivity contribution is 0.430. The average Bonchev–Trinajstić information content (AvgIpc) is 2.33. The van der Waals surface area contributed by atoms with Crippen LogP contribution in [0.4, 0.5) is 0 Å². The van der Waals surface area contributed by atoms with Crippen LogP contribution in [0.15, 0.2) is 49.4 Å². The van der Waals surface area contributed by atoms with Gasteiger partial charge in [0.15, 0.2) is 0 Å². The fourth-order valence-electron chi connectivity index (χ4n) is 1.28. The van der Waals surface area contributed by atoms with Gasteiger partial charge in [-0.15, -0.1) is 0 Å². The second-order valence-electron chi connectivity index (χ2n) is 4.14. The SMILES string of the molecule is C=C/C=C\C(=C)N(C)CCC(=C)NCCCC. The molecule has 0 aliphatic carbocycles. The maximum atomic E-state index is 4.02. The van der Waals surface area contributed by atoms with Crippen LogP contribution in [-0.4, -0.2) is 25.0 Å². The van der Waals surface area contributed by atoms with Crippen LogP contribution in [0.3, 0.4) is 0 Å². The molecule has 0 saturated heterocycles. The highest BCUT2D eigenvalue weighted by atomic mass is 15.1. The fourth-order valence-corrected chi connectivity index (χ4v) is 1.28. The van der Waals surface area contributed by atoms with Gasteiger partial charge in [-0.05, 0) is 12.5 Å². The third-order valence-electron chi connectivity index (χ3n) is 2.57. The van der Waals surface area contributed by atoms with Gasteiger partial charge in [-0.2, -0.15) is 0 Å². The Labute approximate surface area is 106 Å². The molecule has 96 valence electrons. The van der Waals surface area contributed by atoms with Crippen molar-refractivity contribution >= 4 is 0 Å². The third kappa shape index (κ3) is 8.38. The number of nitrogens with zero attached hydrogens (tertiary/aromatic N) is 1. The highest BCUT2D eigenvalue weighted by molar-refractivity contribution is 5.16. The summed E-state index contributed by atoms with van der Waals surface area (Å²) in [6, 6.07) is 0. The molecular formula is C15H26N2. The van der Waals surface area contributed by atoms with Crippen LogP contribution in [0.1, 0.15) is 26.2 Å². The quantitative estimate of drug-likeness (QED) is 0.460. The molecule has 0 spiro atoms. The molecule has 0 aliphatic rings. The summed E-state index contributed by atoms with van der Waals surface area (Å²) < 4.78 is 0. The highest BCUT2D eigenvalue weighted by Crippen LogP contribution is 2.04. The van der Waals surface area contributed by atoms with E-state index in [0.29, 0.717) is 0 Å². The fraction of sp³-hybridized carbons (Fsp3) is 0.467. The predicted octanol–water partition coefficient (Wildman–Crippen LogP) is 3.47. The van der Waals surface area contributed by atoms with Gasteiger partial charge in [0.25, 0.3) is 0 Å². The van der Waals surface area contributed by atoms with Crippen LogP contribution in [0.2, 0.25) is 0 Å². The molecule has 1 N–H and O–H groups in total. The van der Waals surface area contributed by atoms with E-state index in [1.807, 2.05) is 19.2 Å². The molecule has 0 aliphatic heterocycles. The number of rotatable bonds is 10. The molecule has 0 aromatic carbocycles. The van der Waals surface area contributed by atoms with Crippen LogP contribution in [0.25, 0.3) is 0 Å². The molecule has 2 heteroatoms. The Kier molecular flexibility index (Phi) is 8.94. The minimum Gasteiger partial charge on any atom is -0.389 e. The number of hydrogen-bond donors (Lipinski definition) is 1. The summed E-state index contributed by atoms with van der Waals surface area (Å²) in [5, 5.41) is 3.34. The van der Waals surface area contributed by atoms with Crippen molar-refractivity contribution in [3.05, 3.63) is 49.4 Å². The molecule has 0 radical (unpaired) electrons. The monoisotopic (exact) mass is 234 g/mol. The van der Waals surface area contributed by atoms with E-state index < -0.39 is 0 Å². The summed E-state index contributed by atoms with van der Waals surface area (Å²) >= 11 is 0. The van der Waals surface area contributed by atoms with Crippen molar-refractivity contribution in [1.82, 2.24) is 10.2 Å². The summed E-state index contributed by atoms with van der Waals surface area (Å²) in [5.74, 6) is 0. The maximum absolute atomic E-state index is 4.02. The Morgan fingerprint density at radius 2 is 2.06 bits per heavy atom. The van der Waals surface area contributed by atoms with E-state index in [4.69, 9.17) is 0 Å². The minimum atomic E-state index is 0.929. The highest BCUT2D eigenvalue weighted by Gasteiger charge is 2.00. The Morgan fingerprint density at radius 1 is 1.35 bits per heavy atom. The second-order valence-corrected chi connectivity index (χ2v) is 4.14. The van der Waals surface area contributed by atoms with Crippen molar-refractivity contribution in [2.45, 2.75) is 26.2 Å². The molecule has 0 unspecified atom stereocenters. The summed E-state index contributed by atoms with van der Waals surface area (Å²) in [7, 11) is 2.04. The molecule has 0 fully saturated rings. The van der Waals surface area contributed by atoms with E-state index in [9.17, 15) is 0 Å². The van der Waals surface area contributed by atoms with Crippen molar-refractivity contribution < 1.29 is 0 Å². The van der Waals surface area contributed by atoms with Gasteiger partial charge in [0, 0.05) is 38.0 Å². The zero-order chi connectivity index (χ0) is 13.1. The number of allylic oxidation sites excluding steroid dienone is 3. The number of hydrogen-bond acceptors (Lipinski definition) is 2. The van der Waals surface area contributed by atoms with Gasteiger partial charge < -0.3 is 10.2 Å². The van der Waals surface area contributed by atoms with Crippen molar-refractivity contribution in [3.63, 3.8) is 0 Å². The molecule has 0 heterocycles. The first-order chi connectivity index (χ1) is 8.11. The lowest BCUT2D eigenvalue weighted by Gasteiger charge is -2.20. The van der Waals surface area contributed by atoms with Crippen LogP contribution in [-0.2, 0) is 0 Å². The Bertz CT molecular complexity index is 277. The van der Waals surface area contributed by atoms with E-state index in [1.54, 1.807) is 6.08 Å². The van der Waals surface area contributed by atoms with Crippen molar-refractivity contribution in [2.75, 3.05) is 20.1 Å². The first-order valence-electron chi connectivity index (χ1n) is 6.22. The zero-order valence-electron chi connectivity index (χ0n) is 11.3. The maximum Gasteiger partial charge on any atom is 0.0290 e. The van der Waals surface area contributed by atoms with Gasteiger partial charge in [-0.1, -0.05) is 45.2 Å². The smallest absolute Gasteiger partial charge is 0.0290 e. The van der Waals surface area contributed by atoms with Gasteiger partial charge in [0.05, 0.1) is 0 Å². The van der Waals surface area contributed by atoms with Crippen molar-refractivity contribution in [1.29, 1.82) is 0 Å². The first-order valence-corrected chi connectivity index (χ1v) is 6.22. The molecule has 2 nitrogen and oxygen atoms in total. The minimum absolute atomic E-state index is 0.929. The molecule has 0 aromatic heterocycles. The average molecular weight is 234 g/mol. The molecular weight excluding hydrogens is 208 g/mol. The van der Waals surface area contributed by atoms with Gasteiger partial charge in [-0.25, -0.2) is 0 Å². The van der Waals surface area contributed by atoms with Gasteiger partial charge in [0.1, 0.15) is 0 Å². The lowest BCUT2D eigenvalue weighted by atomic mass is 10.2. The normalized spacial score (nSPS) is 10.2. The Balaban J connectivity index is 3.78. The first kappa shape index (κ1) is 15.6. The van der Waals surface area contributed by atoms with Crippen LogP contribution in [0, 0.1) is 0 Å². The van der Waals surface area contributed by atoms with Crippen LogP contribution in [0.5, 0.6) is 0 Å². The largest absolute Gasteiger partial charge is 0.389 e. The summed E-state index contributed by atoms with van der Waals surface area (Å²) in [4.78, 5) is 2.12. The van der Waals surface area contributed by atoms with Gasteiger partial charge in [0.2, 0.25) is 0 Å². The molecule has 0 bridgehead atoms. The van der Waals surface area contributed by atoms with Gasteiger partial charge in [-0.3, -0.25) is 0 Å². The molecule has 0 saturated carbocycles. The van der Waals surface area contributed by atoms with E-state index in [2.05, 4.69) is 36.9 Å². The lowest BCUT2D eigenvalue weighted by Crippen LogP contribution is -2.21. The topological polar surface area (TPSA) is 15.3 Å². The standard InChI is InChI=1S/C15H26N2/c1-6-8-10-15(4)17(5)13-11-14(3)16-12-9-7-2/h6,8,10,16H,1,3-4,7,9,11-13H2,2,5H3/b10-8-. The Hall–Kier alpha value is -1.44. The van der Waals surface area contributed by atoms with E-state index in [-0.39, 0.29) is 0 Å². The summed E-state index contributed by atoms with van der Waals surface area (Å²) in [6.07, 6.45) is 8.96. The second kappa shape index (κ2) is 9.76. The molecule has 0 amide bonds. The van der Waals surface area contributed by atoms with E-state index in [1.165, 1.54) is 12.8 Å². The molecule has 0 aromatic rings. The molecule has 17 heavy (non-hydrogen) atoms. The molecule has 0 rings (SSSR count). The van der Waals surface area contributed by atoms with E-state index >= 15 is 0 Å².